The van der Waals surface area contributed by atoms with E-state index in [0.29, 0.717) is 20.6 Å². The van der Waals surface area contributed by atoms with Crippen molar-refractivity contribution in [3.63, 3.8) is 0 Å². The predicted octanol–water partition coefficient (Wildman–Crippen LogP) is 5.99. The fourth-order valence-electron chi connectivity index (χ4n) is 3.10. The van der Waals surface area contributed by atoms with E-state index >= 15 is 8.63 Å². The van der Waals surface area contributed by atoms with Crippen molar-refractivity contribution in [2.24, 2.45) is 0 Å². The van der Waals surface area contributed by atoms with Crippen molar-refractivity contribution in [3.8, 4) is 0 Å². The lowest BCUT2D eigenvalue weighted by Crippen LogP contribution is -2.50. The highest BCUT2D eigenvalue weighted by atomic mass is 127. The molecule has 2 nitrogen and oxygen atoms in total. The number of hydrogen-bond donors (Lipinski definition) is 0. The van der Waals surface area contributed by atoms with Crippen molar-refractivity contribution >= 4 is 87.5 Å². The second-order valence-electron chi connectivity index (χ2n) is 5.41. The number of hydrogen-bond acceptors (Lipinski definition) is 0. The summed E-state index contributed by atoms with van der Waals surface area (Å²) in [5.41, 5.74) is 2.63. The molecular formula is C15H7BBr3F2IN2. The summed E-state index contributed by atoms with van der Waals surface area (Å²) in [6.07, 6.45) is 3.38. The van der Waals surface area contributed by atoms with Gasteiger partial charge in [0.05, 0.1) is 10.2 Å². The van der Waals surface area contributed by atoms with Gasteiger partial charge in [0.15, 0.2) is 5.70 Å². The quantitative estimate of drug-likeness (QED) is 0.271. The average molecular weight is 631 g/mol. The molecule has 122 valence electrons. The number of benzene rings is 1. The van der Waals surface area contributed by atoms with Gasteiger partial charge in [0.2, 0.25) is 4.62 Å². The van der Waals surface area contributed by atoms with Crippen LogP contribution in [0.4, 0.5) is 8.63 Å². The highest BCUT2D eigenvalue weighted by molar-refractivity contribution is 14.1. The summed E-state index contributed by atoms with van der Waals surface area (Å²) in [6.45, 7) is -3.98. The zero-order chi connectivity index (χ0) is 17.2. The van der Waals surface area contributed by atoms with E-state index < -0.39 is 6.97 Å². The van der Waals surface area contributed by atoms with Gasteiger partial charge in [-0.05, 0) is 62.8 Å². The SMILES string of the molecule is F[B-]1(F)n2c(Br)ccc2C(c2ccc(I)cc2Br)=C2C=CC(Br)=[N+]21. The first-order valence-corrected chi connectivity index (χ1v) is 10.4. The summed E-state index contributed by atoms with van der Waals surface area (Å²) in [5, 5.41) is 0. The van der Waals surface area contributed by atoms with Crippen LogP contribution in [0.5, 0.6) is 0 Å². The lowest BCUT2D eigenvalue weighted by Gasteiger charge is -2.32. The number of fused-ring (bicyclic) bond motifs is 2. The van der Waals surface area contributed by atoms with Crippen LogP contribution in [0.2, 0.25) is 0 Å². The standard InChI is InChI=1S/C15H7BBr3F2IN2/c17-10-7-8(22)1-2-9(10)15-11-3-5-13(18)23(11)16(20,21)24-12(15)4-6-14(24)19/h1-7H. The second kappa shape index (κ2) is 5.89. The highest BCUT2D eigenvalue weighted by Crippen LogP contribution is 2.43. The summed E-state index contributed by atoms with van der Waals surface area (Å²) >= 11 is 12.3. The van der Waals surface area contributed by atoms with Gasteiger partial charge in [0.1, 0.15) is 0 Å². The van der Waals surface area contributed by atoms with Crippen LogP contribution < -0.4 is 0 Å². The van der Waals surface area contributed by atoms with Crippen LogP contribution in [0.25, 0.3) is 5.57 Å². The molecule has 0 radical (unpaired) electrons. The summed E-state index contributed by atoms with van der Waals surface area (Å²) in [4.78, 5) is 0. The Hall–Kier alpha value is -0.255. The van der Waals surface area contributed by atoms with Gasteiger partial charge in [0.25, 0.3) is 0 Å². The Labute approximate surface area is 175 Å². The van der Waals surface area contributed by atoms with Gasteiger partial charge in [-0.15, -0.1) is 0 Å². The molecule has 2 aliphatic heterocycles. The maximum absolute atomic E-state index is 15.1. The molecule has 1 aromatic heterocycles. The van der Waals surface area contributed by atoms with Crippen molar-refractivity contribution in [1.82, 2.24) is 4.48 Å². The molecule has 0 fully saturated rings. The van der Waals surface area contributed by atoms with E-state index in [1.807, 2.05) is 18.2 Å². The fourth-order valence-corrected chi connectivity index (χ4v) is 5.74. The number of aromatic nitrogens is 1. The largest absolute Gasteiger partial charge is 0.738 e. The van der Waals surface area contributed by atoms with Crippen molar-refractivity contribution in [2.45, 2.75) is 0 Å². The van der Waals surface area contributed by atoms with E-state index in [4.69, 9.17) is 0 Å². The van der Waals surface area contributed by atoms with Crippen molar-refractivity contribution in [3.05, 3.63) is 72.1 Å². The van der Waals surface area contributed by atoms with Crippen molar-refractivity contribution < 1.29 is 13.1 Å². The van der Waals surface area contributed by atoms with Crippen LogP contribution in [0.15, 0.2) is 57.3 Å². The van der Waals surface area contributed by atoms with Crippen LogP contribution in [-0.2, 0) is 0 Å². The molecule has 0 atom stereocenters. The van der Waals surface area contributed by atoms with Crippen LogP contribution in [0.1, 0.15) is 11.3 Å². The Morgan fingerprint density at radius 1 is 1.04 bits per heavy atom. The third-order valence-electron chi connectivity index (χ3n) is 4.07. The monoisotopic (exact) mass is 628 g/mol. The van der Waals surface area contributed by atoms with Crippen LogP contribution >= 0.6 is 70.4 Å². The molecule has 24 heavy (non-hydrogen) atoms. The maximum atomic E-state index is 15.1. The van der Waals surface area contributed by atoms with E-state index in [1.165, 1.54) is 0 Å². The zero-order valence-electron chi connectivity index (χ0n) is 11.8. The Morgan fingerprint density at radius 2 is 1.79 bits per heavy atom. The molecule has 9 heteroatoms. The molecule has 2 aromatic rings. The van der Waals surface area contributed by atoms with Gasteiger partial charge in [-0.25, -0.2) is 0 Å². The number of rotatable bonds is 1. The molecular weight excluding hydrogens is 624 g/mol. The maximum Gasteiger partial charge on any atom is 0.738 e. The minimum Gasteiger partial charge on any atom is -0.389 e. The molecule has 0 bridgehead atoms. The Balaban J connectivity index is 2.12. The molecule has 0 spiro atoms. The second-order valence-corrected chi connectivity index (χ2v) is 9.14. The van der Waals surface area contributed by atoms with Gasteiger partial charge in [0, 0.05) is 47.4 Å². The first-order valence-electron chi connectivity index (χ1n) is 6.91. The summed E-state index contributed by atoms with van der Waals surface area (Å²) < 4.78 is 35.1. The van der Waals surface area contributed by atoms with Gasteiger partial charge in [-0.2, -0.15) is 0 Å². The lowest BCUT2D eigenvalue weighted by atomic mass is 9.86. The third-order valence-corrected chi connectivity index (χ3v) is 6.69. The average Bonchev–Trinajstić information content (AvgIpc) is 3.06. The highest BCUT2D eigenvalue weighted by Gasteiger charge is 2.54. The van der Waals surface area contributed by atoms with E-state index in [2.05, 4.69) is 70.4 Å². The molecule has 2 aliphatic rings. The van der Waals surface area contributed by atoms with E-state index in [9.17, 15) is 0 Å². The van der Waals surface area contributed by atoms with Gasteiger partial charge < -0.3 is 17.6 Å². The molecule has 0 saturated heterocycles. The molecule has 1 aromatic carbocycles. The van der Waals surface area contributed by atoms with Gasteiger partial charge in [-0.1, -0.05) is 22.0 Å². The third kappa shape index (κ3) is 2.38. The first kappa shape index (κ1) is 17.2. The Bertz CT molecular complexity index is 995. The Kier molecular flexibility index (Phi) is 4.21. The van der Waals surface area contributed by atoms with Gasteiger partial charge >= 0.3 is 6.97 Å². The summed E-state index contributed by atoms with van der Waals surface area (Å²) in [6, 6.07) is 9.28. The van der Waals surface area contributed by atoms with Crippen LogP contribution in [0, 0.1) is 3.57 Å². The number of allylic oxidation sites excluding steroid dienone is 2. The van der Waals surface area contributed by atoms with Crippen LogP contribution in [-0.4, -0.2) is 20.6 Å². The topological polar surface area (TPSA) is 7.94 Å². The molecule has 3 heterocycles. The number of nitrogens with zero attached hydrogens (tertiary/aromatic N) is 2. The van der Waals surface area contributed by atoms with Gasteiger partial charge in [-0.3, -0.25) is 0 Å². The van der Waals surface area contributed by atoms with Crippen molar-refractivity contribution in [1.29, 1.82) is 0 Å². The molecule has 0 amide bonds. The first-order chi connectivity index (χ1) is 11.3. The van der Waals surface area contributed by atoms with E-state index in [1.54, 1.807) is 24.3 Å². The smallest absolute Gasteiger partial charge is 0.389 e. The summed E-state index contributed by atoms with van der Waals surface area (Å²) in [5.74, 6) is 0. The predicted molar refractivity (Wildman–Crippen MR) is 112 cm³/mol. The minimum atomic E-state index is -3.98. The zero-order valence-corrected chi connectivity index (χ0v) is 18.7. The molecule has 0 unspecified atom stereocenters. The molecule has 4 rings (SSSR count). The normalized spacial score (nSPS) is 18.2. The minimum absolute atomic E-state index is 0.355. The molecule has 0 N–H and O–H groups in total. The fraction of sp³-hybridized carbons (Fsp3) is 0. The summed E-state index contributed by atoms with van der Waals surface area (Å²) in [7, 11) is 0. The molecule has 0 saturated carbocycles. The van der Waals surface area contributed by atoms with E-state index in [-0.39, 0.29) is 0 Å². The van der Waals surface area contributed by atoms with Crippen LogP contribution in [0.3, 0.4) is 0 Å². The Morgan fingerprint density at radius 3 is 2.50 bits per heavy atom. The van der Waals surface area contributed by atoms with E-state index in [0.717, 1.165) is 28.1 Å². The molecule has 0 aliphatic carbocycles. The number of halogens is 6. The van der Waals surface area contributed by atoms with Crippen molar-refractivity contribution in [2.75, 3.05) is 0 Å². The lowest BCUT2D eigenvalue weighted by molar-refractivity contribution is -0.358.